The third kappa shape index (κ3) is 3.59. The minimum atomic E-state index is -0.732. The maximum Gasteiger partial charge on any atom is 0.300 e. The lowest BCUT2D eigenvalue weighted by Crippen LogP contribution is -2.29. The molecule has 1 atom stereocenters. The zero-order valence-electron chi connectivity index (χ0n) is 17.6. The van der Waals surface area contributed by atoms with Crippen LogP contribution in [0.25, 0.3) is 5.76 Å². The van der Waals surface area contributed by atoms with E-state index in [1.807, 2.05) is 56.3 Å². The summed E-state index contributed by atoms with van der Waals surface area (Å²) in [5.41, 5.74) is 3.70. The van der Waals surface area contributed by atoms with Gasteiger partial charge in [0.1, 0.15) is 11.5 Å². The minimum Gasteiger partial charge on any atom is -0.507 e. The Labute approximate surface area is 181 Å². The Morgan fingerprint density at radius 3 is 2.32 bits per heavy atom. The summed E-state index contributed by atoms with van der Waals surface area (Å²) in [6, 6.07) is 21.1. The van der Waals surface area contributed by atoms with E-state index in [4.69, 9.17) is 4.74 Å². The molecule has 1 aliphatic heterocycles. The van der Waals surface area contributed by atoms with Crippen LogP contribution in [0.1, 0.15) is 28.3 Å². The van der Waals surface area contributed by atoms with Gasteiger partial charge >= 0.3 is 0 Å². The molecule has 1 heterocycles. The molecule has 1 aliphatic rings. The standard InChI is InChI=1S/C26H23NO4/c1-16-8-7-9-18(14-16)23-22(24(28)19-12-13-21(31-3)17(2)15-19)25(29)26(30)27(23)20-10-5-4-6-11-20/h4-15,23,28H,1-3H3/b24-22-. The van der Waals surface area contributed by atoms with Crippen LogP contribution in [0.5, 0.6) is 5.75 Å². The van der Waals surface area contributed by atoms with E-state index in [1.54, 1.807) is 37.4 Å². The SMILES string of the molecule is COc1ccc(/C(O)=C2/C(=O)C(=O)N(c3ccccc3)C2c2cccc(C)c2)cc1C. The number of carbonyl (C=O) groups excluding carboxylic acids is 2. The number of para-hydroxylation sites is 1. The molecule has 5 heteroatoms. The van der Waals surface area contributed by atoms with Gasteiger partial charge in [-0.15, -0.1) is 0 Å². The van der Waals surface area contributed by atoms with Crippen molar-refractivity contribution >= 4 is 23.1 Å². The van der Waals surface area contributed by atoms with Crippen LogP contribution < -0.4 is 9.64 Å². The number of nitrogens with zero attached hydrogens (tertiary/aromatic N) is 1. The average Bonchev–Trinajstić information content (AvgIpc) is 3.04. The zero-order valence-corrected chi connectivity index (χ0v) is 17.6. The van der Waals surface area contributed by atoms with Gasteiger partial charge in [-0.3, -0.25) is 14.5 Å². The quantitative estimate of drug-likeness (QED) is 0.374. The van der Waals surface area contributed by atoms with Crippen molar-refractivity contribution in [3.63, 3.8) is 0 Å². The molecule has 5 nitrogen and oxygen atoms in total. The topological polar surface area (TPSA) is 66.8 Å². The third-order valence-corrected chi connectivity index (χ3v) is 5.50. The molecular formula is C26H23NO4. The van der Waals surface area contributed by atoms with E-state index in [9.17, 15) is 14.7 Å². The monoisotopic (exact) mass is 413 g/mol. The Balaban J connectivity index is 1.94. The first-order valence-corrected chi connectivity index (χ1v) is 10.00. The molecule has 0 aromatic heterocycles. The summed E-state index contributed by atoms with van der Waals surface area (Å²) in [4.78, 5) is 27.7. The van der Waals surface area contributed by atoms with Gasteiger partial charge in [-0.1, -0.05) is 48.0 Å². The van der Waals surface area contributed by atoms with Crippen LogP contribution in [0.2, 0.25) is 0 Å². The van der Waals surface area contributed by atoms with Gasteiger partial charge in [-0.25, -0.2) is 0 Å². The summed E-state index contributed by atoms with van der Waals surface area (Å²) in [6.07, 6.45) is 0. The minimum absolute atomic E-state index is 0.0732. The number of Topliss-reactive ketones (excluding diaryl/α,β-unsaturated/α-hetero) is 1. The summed E-state index contributed by atoms with van der Waals surface area (Å²) in [5.74, 6) is -0.892. The Morgan fingerprint density at radius 1 is 0.935 bits per heavy atom. The first-order valence-electron chi connectivity index (χ1n) is 10.00. The van der Waals surface area contributed by atoms with E-state index in [-0.39, 0.29) is 11.3 Å². The summed E-state index contributed by atoms with van der Waals surface area (Å²) in [5, 5.41) is 11.2. The number of hydrogen-bond acceptors (Lipinski definition) is 4. The summed E-state index contributed by atoms with van der Waals surface area (Å²) < 4.78 is 5.29. The molecule has 1 saturated heterocycles. The lowest BCUT2D eigenvalue weighted by molar-refractivity contribution is -0.132. The van der Waals surface area contributed by atoms with E-state index >= 15 is 0 Å². The molecule has 1 fully saturated rings. The number of amides is 1. The van der Waals surface area contributed by atoms with Crippen LogP contribution in [0.15, 0.2) is 78.4 Å². The highest BCUT2D eigenvalue weighted by atomic mass is 16.5. The van der Waals surface area contributed by atoms with Crippen LogP contribution in [0.3, 0.4) is 0 Å². The fraction of sp³-hybridized carbons (Fsp3) is 0.154. The van der Waals surface area contributed by atoms with Gasteiger partial charge in [-0.05, 0) is 55.3 Å². The molecule has 0 radical (unpaired) electrons. The number of aliphatic hydroxyl groups excluding tert-OH is 1. The second kappa shape index (κ2) is 8.11. The Kier molecular flexibility index (Phi) is 5.34. The highest BCUT2D eigenvalue weighted by Crippen LogP contribution is 2.42. The molecule has 4 rings (SSSR count). The van der Waals surface area contributed by atoms with E-state index < -0.39 is 17.7 Å². The predicted molar refractivity (Wildman–Crippen MR) is 120 cm³/mol. The van der Waals surface area contributed by atoms with Gasteiger partial charge in [-0.2, -0.15) is 0 Å². The lowest BCUT2D eigenvalue weighted by atomic mass is 9.94. The number of anilines is 1. The number of carbonyl (C=O) groups is 2. The summed E-state index contributed by atoms with van der Waals surface area (Å²) in [7, 11) is 1.57. The third-order valence-electron chi connectivity index (χ3n) is 5.50. The van der Waals surface area contributed by atoms with Gasteiger partial charge in [0.05, 0.1) is 18.7 Å². The van der Waals surface area contributed by atoms with Crippen LogP contribution in [0.4, 0.5) is 5.69 Å². The molecule has 0 bridgehead atoms. The van der Waals surface area contributed by atoms with Gasteiger partial charge in [0, 0.05) is 11.3 Å². The second-order valence-electron chi connectivity index (χ2n) is 7.60. The van der Waals surface area contributed by atoms with E-state index in [0.717, 1.165) is 16.7 Å². The fourth-order valence-electron chi connectivity index (χ4n) is 4.02. The van der Waals surface area contributed by atoms with Crippen LogP contribution in [-0.4, -0.2) is 23.9 Å². The van der Waals surface area contributed by atoms with Gasteiger partial charge in [0.25, 0.3) is 11.7 Å². The van der Waals surface area contributed by atoms with Gasteiger partial charge in [0.2, 0.25) is 0 Å². The average molecular weight is 413 g/mol. The number of methoxy groups -OCH3 is 1. The van der Waals surface area contributed by atoms with Crippen LogP contribution >= 0.6 is 0 Å². The van der Waals surface area contributed by atoms with Crippen LogP contribution in [0, 0.1) is 13.8 Å². The van der Waals surface area contributed by atoms with Gasteiger partial charge in [0.15, 0.2) is 0 Å². The highest BCUT2D eigenvalue weighted by Gasteiger charge is 2.46. The maximum atomic E-state index is 13.1. The molecule has 3 aromatic rings. The fourth-order valence-corrected chi connectivity index (χ4v) is 4.02. The van der Waals surface area contributed by atoms with Crippen molar-refractivity contribution in [2.24, 2.45) is 0 Å². The molecule has 1 N–H and O–H groups in total. The number of ketones is 1. The van der Waals surface area contributed by atoms with Crippen molar-refractivity contribution in [2.45, 2.75) is 19.9 Å². The van der Waals surface area contributed by atoms with Crippen molar-refractivity contribution in [1.82, 2.24) is 0 Å². The second-order valence-corrected chi connectivity index (χ2v) is 7.60. The normalized spacial score (nSPS) is 17.8. The number of benzene rings is 3. The van der Waals surface area contributed by atoms with Crippen LogP contribution in [-0.2, 0) is 9.59 Å². The molecule has 156 valence electrons. The molecule has 1 amide bonds. The van der Waals surface area contributed by atoms with Gasteiger partial charge < -0.3 is 9.84 Å². The summed E-state index contributed by atoms with van der Waals surface area (Å²) >= 11 is 0. The number of ether oxygens (including phenoxy) is 1. The number of rotatable bonds is 4. The number of aryl methyl sites for hydroxylation is 2. The van der Waals surface area contributed by atoms with E-state index in [2.05, 4.69) is 0 Å². The summed E-state index contributed by atoms with van der Waals surface area (Å²) in [6.45, 7) is 3.81. The number of aliphatic hydroxyl groups is 1. The van der Waals surface area contributed by atoms with E-state index in [1.165, 1.54) is 4.90 Å². The Bertz CT molecular complexity index is 1200. The van der Waals surface area contributed by atoms with Crippen molar-refractivity contribution < 1.29 is 19.4 Å². The molecular weight excluding hydrogens is 390 g/mol. The number of hydrogen-bond donors (Lipinski definition) is 1. The molecule has 1 unspecified atom stereocenters. The largest absolute Gasteiger partial charge is 0.507 e. The lowest BCUT2D eigenvalue weighted by Gasteiger charge is -2.25. The zero-order chi connectivity index (χ0) is 22.1. The van der Waals surface area contributed by atoms with Crippen molar-refractivity contribution in [3.8, 4) is 5.75 Å². The smallest absolute Gasteiger partial charge is 0.300 e. The maximum absolute atomic E-state index is 13.1. The predicted octanol–water partition coefficient (Wildman–Crippen LogP) is 4.94. The van der Waals surface area contributed by atoms with Crippen molar-refractivity contribution in [3.05, 3.63) is 101 Å². The first kappa shape index (κ1) is 20.4. The highest BCUT2D eigenvalue weighted by molar-refractivity contribution is 6.51. The first-order chi connectivity index (χ1) is 14.9. The Morgan fingerprint density at radius 2 is 1.68 bits per heavy atom. The molecule has 3 aromatic carbocycles. The molecule has 0 saturated carbocycles. The Hall–Kier alpha value is -3.86. The molecule has 0 spiro atoms. The van der Waals surface area contributed by atoms with Crippen molar-refractivity contribution in [2.75, 3.05) is 12.0 Å². The van der Waals surface area contributed by atoms with Crippen molar-refractivity contribution in [1.29, 1.82) is 0 Å². The molecule has 0 aliphatic carbocycles. The van der Waals surface area contributed by atoms with E-state index in [0.29, 0.717) is 17.0 Å². The molecule has 31 heavy (non-hydrogen) atoms.